The van der Waals surface area contributed by atoms with Crippen LogP contribution >= 0.6 is 0 Å². The minimum absolute atomic E-state index is 0.248. The molecule has 1 rings (SSSR count). The molecule has 7 nitrogen and oxygen atoms in total. The van der Waals surface area contributed by atoms with Crippen LogP contribution in [0.1, 0.15) is 37.0 Å². The minimum Gasteiger partial charge on any atom is -0.335 e. The highest BCUT2D eigenvalue weighted by atomic mass is 16.7. The summed E-state index contributed by atoms with van der Waals surface area (Å²) < 4.78 is 0. The fraction of sp³-hybridized carbons (Fsp3) is 0.400. The maximum Gasteiger partial charge on any atom is 0.432 e. The highest BCUT2D eigenvalue weighted by molar-refractivity contribution is 6.03. The second-order valence-electron chi connectivity index (χ2n) is 4.50. The van der Waals surface area contributed by atoms with Crippen LogP contribution in [0, 0.1) is 0 Å². The second-order valence-corrected chi connectivity index (χ2v) is 4.50. The number of rotatable bonds is 5. The van der Waals surface area contributed by atoms with E-state index < -0.39 is 18.0 Å². The van der Waals surface area contributed by atoms with E-state index >= 15 is 0 Å². The monoisotopic (exact) mass is 307 g/mol. The first-order valence-electron chi connectivity index (χ1n) is 7.23. The Morgan fingerprint density at radius 1 is 1.00 bits per heavy atom. The molecule has 0 heterocycles. The lowest BCUT2D eigenvalue weighted by molar-refractivity contribution is -0.0375. The van der Waals surface area contributed by atoms with Crippen LogP contribution in [0.5, 0.6) is 0 Å². The summed E-state index contributed by atoms with van der Waals surface area (Å²) in [6.45, 7) is 4.51. The Hall–Kier alpha value is -2.57. The highest BCUT2D eigenvalue weighted by Gasteiger charge is 2.27. The van der Waals surface area contributed by atoms with E-state index in [1.54, 1.807) is 18.2 Å². The minimum atomic E-state index is -0.849. The molecule has 0 saturated carbocycles. The van der Waals surface area contributed by atoms with Gasteiger partial charge in [-0.2, -0.15) is 0 Å². The summed E-state index contributed by atoms with van der Waals surface area (Å²) in [6, 6.07) is 7.36. The van der Waals surface area contributed by atoms with Gasteiger partial charge in [0.1, 0.15) is 0 Å². The molecular formula is C15H21N3O4. The molecule has 0 aliphatic rings. The number of amides is 4. The Morgan fingerprint density at radius 3 is 2.18 bits per heavy atom. The summed E-state index contributed by atoms with van der Waals surface area (Å²) in [7, 11) is 0. The van der Waals surface area contributed by atoms with Crippen molar-refractivity contribution in [3.63, 3.8) is 0 Å². The van der Waals surface area contributed by atoms with Crippen LogP contribution in [-0.2, 0) is 4.84 Å². The van der Waals surface area contributed by atoms with Gasteiger partial charge in [-0.15, -0.1) is 0 Å². The van der Waals surface area contributed by atoms with Crippen LogP contribution < -0.4 is 10.6 Å². The molecule has 0 aromatic heterocycles. The molecule has 22 heavy (non-hydrogen) atoms. The van der Waals surface area contributed by atoms with Crippen molar-refractivity contribution in [2.24, 2.45) is 0 Å². The molecule has 4 amide bonds. The van der Waals surface area contributed by atoms with Gasteiger partial charge in [-0.25, -0.2) is 9.59 Å². The summed E-state index contributed by atoms with van der Waals surface area (Å²) in [5.74, 6) is -0.708. The lowest BCUT2D eigenvalue weighted by atomic mass is 10.2. The Labute approximate surface area is 129 Å². The van der Waals surface area contributed by atoms with E-state index in [2.05, 4.69) is 10.6 Å². The predicted molar refractivity (Wildman–Crippen MR) is 81.1 cm³/mol. The number of urea groups is 1. The number of carbonyl (C=O) groups is 3. The second kappa shape index (κ2) is 9.38. The van der Waals surface area contributed by atoms with Crippen molar-refractivity contribution in [2.75, 3.05) is 13.1 Å². The van der Waals surface area contributed by atoms with Gasteiger partial charge in [-0.1, -0.05) is 37.1 Å². The van der Waals surface area contributed by atoms with E-state index in [0.717, 1.165) is 0 Å². The Kier molecular flexibility index (Phi) is 7.45. The molecule has 0 fully saturated rings. The van der Waals surface area contributed by atoms with Gasteiger partial charge in [0.05, 0.1) is 0 Å². The van der Waals surface area contributed by atoms with Crippen molar-refractivity contribution in [1.29, 1.82) is 0 Å². The summed E-state index contributed by atoms with van der Waals surface area (Å²) in [5, 5.41) is 5.39. The number of benzene rings is 1. The number of hydroxylamine groups is 2. The van der Waals surface area contributed by atoms with Crippen LogP contribution in [0.15, 0.2) is 30.3 Å². The third-order valence-corrected chi connectivity index (χ3v) is 2.61. The molecule has 0 aliphatic heterocycles. The molecule has 2 N–H and O–H groups in total. The maximum absolute atomic E-state index is 12.3. The average molecular weight is 307 g/mol. The van der Waals surface area contributed by atoms with Crippen molar-refractivity contribution >= 4 is 18.0 Å². The van der Waals surface area contributed by atoms with Gasteiger partial charge in [0.25, 0.3) is 5.91 Å². The van der Waals surface area contributed by atoms with Gasteiger partial charge < -0.3 is 15.5 Å². The SMILES string of the molecule is CCCNC(=O)ON(C(=O)NCCC)C(=O)c1ccccc1. The van der Waals surface area contributed by atoms with Crippen LogP contribution in [0.25, 0.3) is 0 Å². The molecule has 120 valence electrons. The van der Waals surface area contributed by atoms with E-state index in [0.29, 0.717) is 31.0 Å². The van der Waals surface area contributed by atoms with Crippen molar-refractivity contribution in [3.05, 3.63) is 35.9 Å². The van der Waals surface area contributed by atoms with Gasteiger partial charge in [-0.3, -0.25) is 4.79 Å². The van der Waals surface area contributed by atoms with Crippen LogP contribution in [0.2, 0.25) is 0 Å². The zero-order valence-corrected chi connectivity index (χ0v) is 12.8. The molecule has 7 heteroatoms. The lowest BCUT2D eigenvalue weighted by Gasteiger charge is -2.19. The van der Waals surface area contributed by atoms with Gasteiger partial charge in [0.2, 0.25) is 0 Å². The zero-order chi connectivity index (χ0) is 16.4. The molecule has 1 aromatic carbocycles. The summed E-state index contributed by atoms with van der Waals surface area (Å²) in [5.41, 5.74) is 0.248. The van der Waals surface area contributed by atoms with Gasteiger partial charge >= 0.3 is 12.1 Å². The number of hydrogen-bond donors (Lipinski definition) is 2. The molecule has 0 saturated heterocycles. The van der Waals surface area contributed by atoms with Gasteiger partial charge in [-0.05, 0) is 25.0 Å². The summed E-state index contributed by atoms with van der Waals surface area (Å²) >= 11 is 0. The normalized spacial score (nSPS) is 9.73. The lowest BCUT2D eigenvalue weighted by Crippen LogP contribution is -2.47. The number of hydrogen-bond acceptors (Lipinski definition) is 4. The van der Waals surface area contributed by atoms with E-state index in [9.17, 15) is 14.4 Å². The fourth-order valence-corrected chi connectivity index (χ4v) is 1.52. The van der Waals surface area contributed by atoms with Gasteiger partial charge in [0.15, 0.2) is 0 Å². The van der Waals surface area contributed by atoms with E-state index in [1.165, 1.54) is 12.1 Å². The quantitative estimate of drug-likeness (QED) is 0.817. The fourth-order valence-electron chi connectivity index (χ4n) is 1.52. The number of nitrogens with zero attached hydrogens (tertiary/aromatic N) is 1. The van der Waals surface area contributed by atoms with Gasteiger partial charge in [0, 0.05) is 18.7 Å². The number of imide groups is 1. The number of nitrogens with one attached hydrogen (secondary N) is 2. The van der Waals surface area contributed by atoms with Crippen molar-refractivity contribution in [1.82, 2.24) is 15.7 Å². The van der Waals surface area contributed by atoms with E-state index in [-0.39, 0.29) is 5.56 Å². The third-order valence-electron chi connectivity index (χ3n) is 2.61. The zero-order valence-electron chi connectivity index (χ0n) is 12.8. The van der Waals surface area contributed by atoms with Crippen LogP contribution in [0.4, 0.5) is 9.59 Å². The Bertz CT molecular complexity index is 505. The molecule has 0 bridgehead atoms. The topological polar surface area (TPSA) is 87.7 Å². The third kappa shape index (κ3) is 5.43. The van der Waals surface area contributed by atoms with Crippen LogP contribution in [0.3, 0.4) is 0 Å². The van der Waals surface area contributed by atoms with Crippen molar-refractivity contribution in [3.8, 4) is 0 Å². The van der Waals surface area contributed by atoms with Crippen LogP contribution in [-0.4, -0.2) is 36.2 Å². The first kappa shape index (κ1) is 17.5. The molecule has 1 aromatic rings. The molecule has 0 aliphatic carbocycles. The summed E-state index contributed by atoms with van der Waals surface area (Å²) in [6.07, 6.45) is 0.558. The standard InChI is InChI=1S/C15H21N3O4/c1-3-10-16-14(20)18(22-15(21)17-11-4-2)13(19)12-8-6-5-7-9-12/h5-9H,3-4,10-11H2,1-2H3,(H,16,20)(H,17,21). The summed E-state index contributed by atoms with van der Waals surface area (Å²) in [4.78, 5) is 40.8. The first-order chi connectivity index (χ1) is 10.6. The smallest absolute Gasteiger partial charge is 0.335 e. The average Bonchev–Trinajstić information content (AvgIpc) is 2.55. The van der Waals surface area contributed by atoms with Crippen molar-refractivity contribution < 1.29 is 19.2 Å². The Morgan fingerprint density at radius 2 is 1.59 bits per heavy atom. The molecule has 0 unspecified atom stereocenters. The molecule has 0 atom stereocenters. The molecular weight excluding hydrogens is 286 g/mol. The first-order valence-corrected chi connectivity index (χ1v) is 7.23. The maximum atomic E-state index is 12.3. The van der Waals surface area contributed by atoms with E-state index in [4.69, 9.17) is 4.84 Å². The Balaban J connectivity index is 2.83. The molecule has 0 spiro atoms. The van der Waals surface area contributed by atoms with E-state index in [1.807, 2.05) is 13.8 Å². The number of carbonyl (C=O) groups excluding carboxylic acids is 3. The predicted octanol–water partition coefficient (Wildman–Crippen LogP) is 2.30. The van der Waals surface area contributed by atoms with Crippen molar-refractivity contribution in [2.45, 2.75) is 26.7 Å². The highest BCUT2D eigenvalue weighted by Crippen LogP contribution is 2.06. The largest absolute Gasteiger partial charge is 0.432 e. The molecule has 0 radical (unpaired) electrons.